The standard InChI is InChI=1S/C25H26N2O4S/c1-2-19-8-11-23(12-9-19)32(29,30)27-14-15-31-24-13-10-21(16-22(24)18-27)25(28)26-17-20-6-4-3-5-7-20/h3-13,16H,2,14-15,17-18H2,1H3,(H,26,28). The molecule has 0 saturated carbocycles. The van der Waals surface area contributed by atoms with Crippen LogP contribution in [0.5, 0.6) is 5.75 Å². The Morgan fingerprint density at radius 3 is 2.47 bits per heavy atom. The van der Waals surface area contributed by atoms with Gasteiger partial charge in [-0.1, -0.05) is 49.4 Å². The van der Waals surface area contributed by atoms with Crippen molar-refractivity contribution in [2.24, 2.45) is 0 Å². The van der Waals surface area contributed by atoms with Crippen LogP contribution in [0.3, 0.4) is 0 Å². The maximum absolute atomic E-state index is 13.2. The molecular formula is C25H26N2O4S. The Labute approximate surface area is 188 Å². The molecule has 0 fully saturated rings. The zero-order chi connectivity index (χ0) is 22.6. The van der Waals surface area contributed by atoms with E-state index in [0.29, 0.717) is 23.4 Å². The van der Waals surface area contributed by atoms with Gasteiger partial charge in [0.2, 0.25) is 10.0 Å². The Bertz CT molecular complexity index is 1190. The molecule has 1 aliphatic heterocycles. The minimum Gasteiger partial charge on any atom is -0.492 e. The van der Waals surface area contributed by atoms with Crippen molar-refractivity contribution in [3.8, 4) is 5.75 Å². The summed E-state index contributed by atoms with van der Waals surface area (Å²) in [4.78, 5) is 12.9. The summed E-state index contributed by atoms with van der Waals surface area (Å²) < 4.78 is 33.6. The molecule has 0 bridgehead atoms. The third-order valence-electron chi connectivity index (χ3n) is 5.53. The second kappa shape index (κ2) is 9.54. The molecule has 3 aromatic carbocycles. The number of carbonyl (C=O) groups is 1. The zero-order valence-corrected chi connectivity index (χ0v) is 18.8. The first-order valence-electron chi connectivity index (χ1n) is 10.6. The summed E-state index contributed by atoms with van der Waals surface area (Å²) in [7, 11) is -3.68. The maximum atomic E-state index is 13.2. The van der Waals surface area contributed by atoms with Crippen LogP contribution in [0.4, 0.5) is 0 Å². The van der Waals surface area contributed by atoms with Crippen LogP contribution in [0.25, 0.3) is 0 Å². The molecule has 32 heavy (non-hydrogen) atoms. The highest BCUT2D eigenvalue weighted by atomic mass is 32.2. The lowest BCUT2D eigenvalue weighted by Crippen LogP contribution is -2.32. The summed E-state index contributed by atoms with van der Waals surface area (Å²) in [5, 5.41) is 2.90. The highest BCUT2D eigenvalue weighted by Gasteiger charge is 2.28. The fraction of sp³-hybridized carbons (Fsp3) is 0.240. The number of nitrogens with zero attached hydrogens (tertiary/aromatic N) is 1. The van der Waals surface area contributed by atoms with E-state index >= 15 is 0 Å². The summed E-state index contributed by atoms with van der Waals surface area (Å²) in [6.45, 7) is 3.08. The lowest BCUT2D eigenvalue weighted by Gasteiger charge is -2.20. The van der Waals surface area contributed by atoms with Crippen molar-refractivity contribution in [3.63, 3.8) is 0 Å². The summed E-state index contributed by atoms with van der Waals surface area (Å²) >= 11 is 0. The highest BCUT2D eigenvalue weighted by molar-refractivity contribution is 7.89. The Morgan fingerprint density at radius 1 is 1.00 bits per heavy atom. The van der Waals surface area contributed by atoms with Crippen molar-refractivity contribution in [1.82, 2.24) is 9.62 Å². The first-order valence-corrected chi connectivity index (χ1v) is 12.1. The van der Waals surface area contributed by atoms with Gasteiger partial charge >= 0.3 is 0 Å². The third kappa shape index (κ3) is 4.84. The molecule has 6 nitrogen and oxygen atoms in total. The van der Waals surface area contributed by atoms with Crippen LogP contribution in [-0.4, -0.2) is 31.8 Å². The van der Waals surface area contributed by atoms with Gasteiger partial charge in [0, 0.05) is 30.8 Å². The summed E-state index contributed by atoms with van der Waals surface area (Å²) in [5.74, 6) is 0.383. The van der Waals surface area contributed by atoms with E-state index < -0.39 is 10.0 Å². The Kier molecular flexibility index (Phi) is 6.58. The van der Waals surface area contributed by atoms with Crippen LogP contribution in [0, 0.1) is 0 Å². The molecule has 1 amide bonds. The molecule has 3 aromatic rings. The molecular weight excluding hydrogens is 424 g/mol. The SMILES string of the molecule is CCc1ccc(S(=O)(=O)N2CCOc3ccc(C(=O)NCc4ccccc4)cc3C2)cc1. The average molecular weight is 451 g/mol. The van der Waals surface area contributed by atoms with Crippen molar-refractivity contribution >= 4 is 15.9 Å². The van der Waals surface area contributed by atoms with Crippen LogP contribution in [0.2, 0.25) is 0 Å². The summed E-state index contributed by atoms with van der Waals surface area (Å²) in [6.07, 6.45) is 0.848. The molecule has 1 aliphatic rings. The van der Waals surface area contributed by atoms with Gasteiger partial charge in [-0.3, -0.25) is 4.79 Å². The van der Waals surface area contributed by atoms with Crippen molar-refractivity contribution in [1.29, 1.82) is 0 Å². The van der Waals surface area contributed by atoms with E-state index in [0.717, 1.165) is 17.5 Å². The van der Waals surface area contributed by atoms with Gasteiger partial charge in [0.1, 0.15) is 12.4 Å². The molecule has 1 heterocycles. The summed E-state index contributed by atoms with van der Waals surface area (Å²) in [6, 6.07) is 21.8. The molecule has 0 radical (unpaired) electrons. The van der Waals surface area contributed by atoms with Crippen LogP contribution in [-0.2, 0) is 29.5 Å². The fourth-order valence-electron chi connectivity index (χ4n) is 3.64. The van der Waals surface area contributed by atoms with E-state index in [1.54, 1.807) is 30.3 Å². The van der Waals surface area contributed by atoms with Gasteiger partial charge in [-0.15, -0.1) is 0 Å². The minimum atomic E-state index is -3.68. The second-order valence-electron chi connectivity index (χ2n) is 7.68. The maximum Gasteiger partial charge on any atom is 0.251 e. The van der Waals surface area contributed by atoms with Gasteiger partial charge in [-0.2, -0.15) is 4.31 Å². The molecule has 4 rings (SSSR count). The van der Waals surface area contributed by atoms with Crippen molar-refractivity contribution in [2.45, 2.75) is 31.3 Å². The first-order chi connectivity index (χ1) is 15.5. The van der Waals surface area contributed by atoms with Gasteiger partial charge in [0.25, 0.3) is 5.91 Å². The van der Waals surface area contributed by atoms with Crippen LogP contribution < -0.4 is 10.1 Å². The number of benzene rings is 3. The molecule has 0 spiro atoms. The number of ether oxygens (including phenoxy) is 1. The molecule has 7 heteroatoms. The number of amides is 1. The lowest BCUT2D eigenvalue weighted by atomic mass is 10.1. The van der Waals surface area contributed by atoms with Crippen LogP contribution in [0.1, 0.15) is 34.0 Å². The van der Waals surface area contributed by atoms with Gasteiger partial charge in [0.05, 0.1) is 4.90 Å². The Morgan fingerprint density at radius 2 is 1.75 bits per heavy atom. The van der Waals surface area contributed by atoms with E-state index in [1.165, 1.54) is 4.31 Å². The number of fused-ring (bicyclic) bond motifs is 1. The number of rotatable bonds is 6. The minimum absolute atomic E-state index is 0.146. The molecule has 0 unspecified atom stereocenters. The Hall–Kier alpha value is -3.16. The van der Waals surface area contributed by atoms with E-state index in [1.807, 2.05) is 49.4 Å². The molecule has 166 valence electrons. The van der Waals surface area contributed by atoms with Gasteiger partial charge in [-0.25, -0.2) is 8.42 Å². The third-order valence-corrected chi connectivity index (χ3v) is 7.39. The van der Waals surface area contributed by atoms with E-state index in [2.05, 4.69) is 5.32 Å². The van der Waals surface area contributed by atoms with Crippen molar-refractivity contribution in [2.75, 3.05) is 13.2 Å². The number of carbonyl (C=O) groups excluding carboxylic acids is 1. The number of aryl methyl sites for hydroxylation is 1. The van der Waals surface area contributed by atoms with Crippen LogP contribution in [0.15, 0.2) is 77.7 Å². The molecule has 0 atom stereocenters. The fourth-order valence-corrected chi connectivity index (χ4v) is 5.05. The monoisotopic (exact) mass is 450 g/mol. The normalized spacial score (nSPS) is 14.2. The zero-order valence-electron chi connectivity index (χ0n) is 18.0. The average Bonchev–Trinajstić information content (AvgIpc) is 3.05. The van der Waals surface area contributed by atoms with Crippen molar-refractivity contribution in [3.05, 3.63) is 95.1 Å². The van der Waals surface area contributed by atoms with E-state index in [4.69, 9.17) is 4.74 Å². The number of sulfonamides is 1. The van der Waals surface area contributed by atoms with Gasteiger partial charge in [0.15, 0.2) is 0 Å². The second-order valence-corrected chi connectivity index (χ2v) is 9.61. The number of hydrogen-bond acceptors (Lipinski definition) is 4. The van der Waals surface area contributed by atoms with Gasteiger partial charge in [-0.05, 0) is 47.9 Å². The van der Waals surface area contributed by atoms with Gasteiger partial charge < -0.3 is 10.1 Å². The van der Waals surface area contributed by atoms with E-state index in [-0.39, 0.29) is 30.5 Å². The predicted octanol–water partition coefficient (Wildman–Crippen LogP) is 3.76. The molecule has 1 N–H and O–H groups in total. The molecule has 0 aromatic heterocycles. The lowest BCUT2D eigenvalue weighted by molar-refractivity contribution is 0.0950. The quantitative estimate of drug-likeness (QED) is 0.620. The number of hydrogen-bond donors (Lipinski definition) is 1. The smallest absolute Gasteiger partial charge is 0.251 e. The highest BCUT2D eigenvalue weighted by Crippen LogP contribution is 2.28. The van der Waals surface area contributed by atoms with Crippen LogP contribution >= 0.6 is 0 Å². The molecule has 0 saturated heterocycles. The Balaban J connectivity index is 1.53. The number of nitrogens with one attached hydrogen (secondary N) is 1. The molecule has 0 aliphatic carbocycles. The van der Waals surface area contributed by atoms with Crippen molar-refractivity contribution < 1.29 is 17.9 Å². The summed E-state index contributed by atoms with van der Waals surface area (Å²) in [5.41, 5.74) is 3.23. The predicted molar refractivity (Wildman–Crippen MR) is 123 cm³/mol. The topological polar surface area (TPSA) is 75.7 Å². The largest absolute Gasteiger partial charge is 0.492 e. The first kappa shape index (κ1) is 22.0. The van der Waals surface area contributed by atoms with E-state index in [9.17, 15) is 13.2 Å².